The van der Waals surface area contributed by atoms with Gasteiger partial charge in [0.15, 0.2) is 0 Å². The van der Waals surface area contributed by atoms with E-state index in [1.54, 1.807) is 0 Å². The number of allylic oxidation sites excluding steroid dienone is 1. The van der Waals surface area contributed by atoms with Crippen molar-refractivity contribution >= 4 is 26.3 Å². The van der Waals surface area contributed by atoms with Gasteiger partial charge in [-0.25, -0.2) is 0 Å². The van der Waals surface area contributed by atoms with Crippen LogP contribution in [0.5, 0.6) is 0 Å². The van der Waals surface area contributed by atoms with Crippen LogP contribution in [0.3, 0.4) is 0 Å². The highest BCUT2D eigenvalue weighted by atomic mass is 79.9. The summed E-state index contributed by atoms with van der Waals surface area (Å²) < 4.78 is 0.875. The largest absolute Gasteiger partial charge is 0.393 e. The second-order valence-electron chi connectivity index (χ2n) is 4.54. The van der Waals surface area contributed by atoms with Gasteiger partial charge in [0.2, 0.25) is 0 Å². The van der Waals surface area contributed by atoms with Crippen LogP contribution in [0.15, 0.2) is 22.2 Å². The molecule has 0 bridgehead atoms. The van der Waals surface area contributed by atoms with Crippen LogP contribution >= 0.6 is 15.9 Å². The van der Waals surface area contributed by atoms with Gasteiger partial charge >= 0.3 is 0 Å². The van der Waals surface area contributed by atoms with Gasteiger partial charge in [0, 0.05) is 19.2 Å². The highest BCUT2D eigenvalue weighted by Gasteiger charge is 2.18. The molecule has 0 aromatic carbocycles. The number of hydrazone groups is 1. The van der Waals surface area contributed by atoms with E-state index in [1.165, 1.54) is 5.71 Å². The Labute approximate surface area is 110 Å². The van der Waals surface area contributed by atoms with Crippen molar-refractivity contribution in [2.45, 2.75) is 44.4 Å². The van der Waals surface area contributed by atoms with Crippen molar-refractivity contribution < 1.29 is 5.11 Å². The average Bonchev–Trinajstić information content (AvgIpc) is 2.32. The summed E-state index contributed by atoms with van der Waals surface area (Å²) in [5.74, 6) is 0. The van der Waals surface area contributed by atoms with Crippen LogP contribution in [0, 0.1) is 0 Å². The first-order valence-electron chi connectivity index (χ1n) is 6.02. The second-order valence-corrected chi connectivity index (χ2v) is 5.35. The number of nitrogens with zero attached hydrogens (tertiary/aromatic N) is 3. The Balaban J connectivity index is 1.94. The fourth-order valence-electron chi connectivity index (χ4n) is 2.09. The molecule has 17 heavy (non-hydrogen) atoms. The van der Waals surface area contributed by atoms with Gasteiger partial charge < -0.3 is 5.11 Å². The van der Waals surface area contributed by atoms with E-state index < -0.39 is 0 Å². The summed E-state index contributed by atoms with van der Waals surface area (Å²) in [6.45, 7) is 0. The van der Waals surface area contributed by atoms with E-state index in [0.29, 0.717) is 0 Å². The Bertz CT molecular complexity index is 355. The molecule has 0 aromatic heterocycles. The first-order chi connectivity index (χ1) is 8.15. The molecule has 0 radical (unpaired) electrons. The highest BCUT2D eigenvalue weighted by Crippen LogP contribution is 2.18. The topological polar surface area (TPSA) is 48.2 Å². The van der Waals surface area contributed by atoms with Crippen LogP contribution in [0.25, 0.3) is 0 Å². The van der Waals surface area contributed by atoms with Crippen LogP contribution in [-0.2, 0) is 0 Å². The van der Waals surface area contributed by atoms with Gasteiger partial charge in [-0.3, -0.25) is 10.0 Å². The van der Waals surface area contributed by atoms with E-state index in [-0.39, 0.29) is 12.3 Å². The molecule has 5 heteroatoms. The Kier molecular flexibility index (Phi) is 4.34. The molecular formula is C12H18BrN3O. The molecule has 1 aliphatic carbocycles. The molecule has 2 rings (SSSR count). The molecule has 1 heterocycles. The summed E-state index contributed by atoms with van der Waals surface area (Å²) in [5, 5.41) is 16.0. The van der Waals surface area contributed by atoms with Crippen LogP contribution in [0.4, 0.5) is 0 Å². The van der Waals surface area contributed by atoms with Gasteiger partial charge in [0.1, 0.15) is 10.8 Å². The van der Waals surface area contributed by atoms with Crippen LogP contribution < -0.4 is 0 Å². The van der Waals surface area contributed by atoms with Crippen molar-refractivity contribution in [1.29, 1.82) is 0 Å². The zero-order valence-corrected chi connectivity index (χ0v) is 11.6. The summed E-state index contributed by atoms with van der Waals surface area (Å²) in [7, 11) is 1.96. The third-order valence-corrected chi connectivity index (χ3v) is 3.61. The van der Waals surface area contributed by atoms with Crippen molar-refractivity contribution in [2.24, 2.45) is 10.1 Å². The van der Waals surface area contributed by atoms with Crippen molar-refractivity contribution in [3.63, 3.8) is 0 Å². The molecule has 0 spiro atoms. The number of hydrogen-bond acceptors (Lipinski definition) is 4. The standard InChI is InChI=1S/C12H18BrN3O/c1-16(12-4-2-3-11(13)14-12)15-9-5-7-10(17)8-6-9/h2-3,10,12,17H,4-8H2,1H3. The number of halogens is 1. The molecular weight excluding hydrogens is 282 g/mol. The van der Waals surface area contributed by atoms with Gasteiger partial charge in [0.25, 0.3) is 0 Å². The van der Waals surface area contributed by atoms with Crippen LogP contribution in [-0.4, -0.2) is 39.8 Å². The molecule has 1 saturated carbocycles. The van der Waals surface area contributed by atoms with Gasteiger partial charge in [-0.2, -0.15) is 5.10 Å². The Morgan fingerprint density at radius 3 is 2.82 bits per heavy atom. The summed E-state index contributed by atoms with van der Waals surface area (Å²) >= 11 is 3.39. The molecule has 94 valence electrons. The second kappa shape index (κ2) is 5.78. The van der Waals surface area contributed by atoms with Crippen LogP contribution in [0.2, 0.25) is 0 Å². The monoisotopic (exact) mass is 299 g/mol. The summed E-state index contributed by atoms with van der Waals surface area (Å²) in [4.78, 5) is 4.48. The molecule has 0 aromatic rings. The summed E-state index contributed by atoms with van der Waals surface area (Å²) in [6.07, 6.45) is 8.40. The summed E-state index contributed by atoms with van der Waals surface area (Å²) in [6, 6.07) is 0. The maximum absolute atomic E-state index is 9.44. The Hall–Kier alpha value is -0.680. The minimum absolute atomic E-state index is 0.0914. The molecule has 1 unspecified atom stereocenters. The molecule has 0 saturated heterocycles. The number of hydrogen-bond donors (Lipinski definition) is 1. The van der Waals surface area contributed by atoms with E-state index in [2.05, 4.69) is 32.1 Å². The molecule has 1 atom stereocenters. The minimum Gasteiger partial charge on any atom is -0.393 e. The number of rotatable bonds is 2. The predicted molar refractivity (Wildman–Crippen MR) is 73.6 cm³/mol. The first-order valence-corrected chi connectivity index (χ1v) is 6.81. The molecule has 2 aliphatic rings. The lowest BCUT2D eigenvalue weighted by Gasteiger charge is -2.26. The fraction of sp³-hybridized carbons (Fsp3) is 0.667. The van der Waals surface area contributed by atoms with Gasteiger partial charge in [-0.1, -0.05) is 6.08 Å². The Morgan fingerprint density at radius 2 is 2.18 bits per heavy atom. The lowest BCUT2D eigenvalue weighted by atomic mass is 9.96. The molecule has 1 aliphatic heterocycles. The number of aliphatic imine (C=N–C) groups is 1. The lowest BCUT2D eigenvalue weighted by Crippen LogP contribution is -2.29. The van der Waals surface area contributed by atoms with E-state index in [4.69, 9.17) is 0 Å². The zero-order chi connectivity index (χ0) is 12.3. The minimum atomic E-state index is -0.135. The smallest absolute Gasteiger partial charge is 0.141 e. The van der Waals surface area contributed by atoms with E-state index in [0.717, 1.165) is 36.7 Å². The van der Waals surface area contributed by atoms with Gasteiger partial charge in [-0.05, 0) is 47.7 Å². The molecule has 1 N–H and O–H groups in total. The third kappa shape index (κ3) is 3.64. The van der Waals surface area contributed by atoms with Gasteiger partial charge in [0.05, 0.1) is 6.10 Å². The zero-order valence-electron chi connectivity index (χ0n) is 10.0. The SMILES string of the molecule is CN(N=C1CCC(O)CC1)C1CC=CC(Br)=N1. The number of aliphatic hydroxyl groups is 1. The predicted octanol–water partition coefficient (Wildman–Crippen LogP) is 2.29. The molecule has 1 fully saturated rings. The van der Waals surface area contributed by atoms with Gasteiger partial charge in [-0.15, -0.1) is 0 Å². The number of dihydropyridines is 1. The maximum atomic E-state index is 9.44. The molecule has 4 nitrogen and oxygen atoms in total. The van der Waals surface area contributed by atoms with Crippen molar-refractivity contribution in [3.05, 3.63) is 12.2 Å². The van der Waals surface area contributed by atoms with E-state index in [9.17, 15) is 5.11 Å². The quantitative estimate of drug-likeness (QED) is 0.795. The van der Waals surface area contributed by atoms with Crippen LogP contribution in [0.1, 0.15) is 32.1 Å². The normalized spacial score (nSPS) is 28.9. The third-order valence-electron chi connectivity index (χ3n) is 3.14. The molecule has 0 amide bonds. The fourth-order valence-corrected chi connectivity index (χ4v) is 2.51. The van der Waals surface area contributed by atoms with Crippen molar-refractivity contribution in [3.8, 4) is 0 Å². The van der Waals surface area contributed by atoms with E-state index >= 15 is 0 Å². The Morgan fingerprint density at radius 1 is 1.47 bits per heavy atom. The van der Waals surface area contributed by atoms with E-state index in [1.807, 2.05) is 18.1 Å². The lowest BCUT2D eigenvalue weighted by molar-refractivity contribution is 0.151. The number of aliphatic hydroxyl groups excluding tert-OH is 1. The average molecular weight is 300 g/mol. The van der Waals surface area contributed by atoms with Crippen molar-refractivity contribution in [2.75, 3.05) is 7.05 Å². The first kappa shape index (κ1) is 12.8. The maximum Gasteiger partial charge on any atom is 0.141 e. The highest BCUT2D eigenvalue weighted by molar-refractivity contribution is 9.18. The van der Waals surface area contributed by atoms with Crippen molar-refractivity contribution in [1.82, 2.24) is 5.01 Å². The summed E-state index contributed by atoms with van der Waals surface area (Å²) in [5.41, 5.74) is 1.18.